The minimum absolute atomic E-state index is 0.0694. The van der Waals surface area contributed by atoms with Gasteiger partial charge in [0.05, 0.1) is 5.41 Å². The van der Waals surface area contributed by atoms with Crippen molar-refractivity contribution in [2.24, 2.45) is 5.41 Å². The van der Waals surface area contributed by atoms with E-state index in [4.69, 9.17) is 4.74 Å². The zero-order valence-electron chi connectivity index (χ0n) is 5.48. The van der Waals surface area contributed by atoms with Gasteiger partial charge in [-0.25, -0.2) is 0 Å². The molecule has 2 nitrogen and oxygen atoms in total. The Morgan fingerprint density at radius 1 is 1.78 bits per heavy atom. The third kappa shape index (κ3) is 1.26. The van der Waals surface area contributed by atoms with Crippen molar-refractivity contribution in [3.63, 3.8) is 0 Å². The number of ether oxygens (including phenoxy) is 1. The van der Waals surface area contributed by atoms with Gasteiger partial charge in [0.15, 0.2) is 5.01 Å². The van der Waals surface area contributed by atoms with E-state index in [0.717, 1.165) is 6.42 Å². The molecule has 0 aliphatic carbocycles. The summed E-state index contributed by atoms with van der Waals surface area (Å²) >= 11 is 3.21. The summed E-state index contributed by atoms with van der Waals surface area (Å²) in [6, 6.07) is 0. The number of halogens is 1. The molecular formula is C6H9BrO2. The van der Waals surface area contributed by atoms with Crippen LogP contribution in [0.15, 0.2) is 0 Å². The molecule has 9 heavy (non-hydrogen) atoms. The maximum Gasteiger partial charge on any atom is 0.312 e. The molecule has 0 bridgehead atoms. The van der Waals surface area contributed by atoms with Gasteiger partial charge in [0.25, 0.3) is 0 Å². The highest BCUT2D eigenvalue weighted by atomic mass is 79.9. The van der Waals surface area contributed by atoms with Gasteiger partial charge in [-0.1, -0.05) is 0 Å². The van der Waals surface area contributed by atoms with Crippen molar-refractivity contribution in [2.75, 3.05) is 0 Å². The second kappa shape index (κ2) is 1.97. The number of hydrogen-bond acceptors (Lipinski definition) is 2. The van der Waals surface area contributed by atoms with E-state index in [1.54, 1.807) is 0 Å². The average molecular weight is 193 g/mol. The van der Waals surface area contributed by atoms with Gasteiger partial charge < -0.3 is 4.74 Å². The molecule has 0 aromatic heterocycles. The van der Waals surface area contributed by atoms with Crippen LogP contribution in [0, 0.1) is 5.41 Å². The van der Waals surface area contributed by atoms with Crippen LogP contribution >= 0.6 is 15.9 Å². The van der Waals surface area contributed by atoms with Crippen molar-refractivity contribution in [3.05, 3.63) is 0 Å². The molecule has 1 fully saturated rings. The maximum absolute atomic E-state index is 10.9. The Morgan fingerprint density at radius 2 is 2.33 bits per heavy atom. The van der Waals surface area contributed by atoms with Gasteiger partial charge in [-0.2, -0.15) is 0 Å². The second-order valence-electron chi connectivity index (χ2n) is 2.90. The molecule has 0 radical (unpaired) electrons. The van der Waals surface area contributed by atoms with Crippen molar-refractivity contribution < 1.29 is 9.53 Å². The van der Waals surface area contributed by atoms with Gasteiger partial charge in [0.2, 0.25) is 0 Å². The average Bonchev–Trinajstić information content (AvgIpc) is 1.79. The van der Waals surface area contributed by atoms with Crippen LogP contribution in [0.1, 0.15) is 20.3 Å². The minimum Gasteiger partial charge on any atom is -0.450 e. The van der Waals surface area contributed by atoms with E-state index in [9.17, 15) is 4.79 Å². The lowest BCUT2D eigenvalue weighted by Crippen LogP contribution is -2.16. The first-order chi connectivity index (χ1) is 4.02. The monoisotopic (exact) mass is 192 g/mol. The molecule has 0 aromatic carbocycles. The van der Waals surface area contributed by atoms with E-state index in [0.29, 0.717) is 0 Å². The third-order valence-corrected chi connectivity index (χ3v) is 1.97. The third-order valence-electron chi connectivity index (χ3n) is 1.46. The Morgan fingerprint density at radius 3 is 2.44 bits per heavy atom. The van der Waals surface area contributed by atoms with E-state index < -0.39 is 0 Å². The topological polar surface area (TPSA) is 26.3 Å². The molecule has 1 unspecified atom stereocenters. The number of cyclic esters (lactones) is 1. The predicted molar refractivity (Wildman–Crippen MR) is 37.2 cm³/mol. The number of hydrogen-bond donors (Lipinski definition) is 0. The molecule has 1 rings (SSSR count). The molecule has 0 spiro atoms. The molecule has 1 aliphatic rings. The summed E-state index contributed by atoms with van der Waals surface area (Å²) in [5.41, 5.74) is -0.284. The summed E-state index contributed by atoms with van der Waals surface area (Å²) in [6.07, 6.45) is 0.770. The lowest BCUT2D eigenvalue weighted by Gasteiger charge is -2.08. The van der Waals surface area contributed by atoms with Crippen molar-refractivity contribution in [2.45, 2.75) is 25.3 Å². The normalized spacial score (nSPS) is 32.3. The lowest BCUT2D eigenvalue weighted by molar-refractivity contribution is -0.145. The van der Waals surface area contributed by atoms with Gasteiger partial charge in [-0.15, -0.1) is 0 Å². The van der Waals surface area contributed by atoms with E-state index in [1.165, 1.54) is 0 Å². The Hall–Kier alpha value is -0.0500. The summed E-state index contributed by atoms with van der Waals surface area (Å²) in [4.78, 5) is 10.9. The van der Waals surface area contributed by atoms with E-state index in [1.807, 2.05) is 13.8 Å². The largest absolute Gasteiger partial charge is 0.450 e. The van der Waals surface area contributed by atoms with Crippen LogP contribution < -0.4 is 0 Å². The fourth-order valence-corrected chi connectivity index (χ4v) is 1.78. The molecule has 0 amide bonds. The standard InChI is InChI=1S/C6H9BrO2/c1-6(2)3-4(7)9-5(6)8/h4H,3H2,1-2H3. The van der Waals surface area contributed by atoms with Crippen LogP contribution in [0.3, 0.4) is 0 Å². The van der Waals surface area contributed by atoms with Crippen LogP contribution in [-0.4, -0.2) is 11.0 Å². The van der Waals surface area contributed by atoms with Gasteiger partial charge >= 0.3 is 5.97 Å². The molecule has 1 atom stereocenters. The number of rotatable bonds is 0. The van der Waals surface area contributed by atoms with Crippen LogP contribution in [0.2, 0.25) is 0 Å². The minimum atomic E-state index is -0.284. The fourth-order valence-electron chi connectivity index (χ4n) is 0.802. The highest BCUT2D eigenvalue weighted by molar-refractivity contribution is 9.09. The highest BCUT2D eigenvalue weighted by Gasteiger charge is 2.40. The summed E-state index contributed by atoms with van der Waals surface area (Å²) in [5, 5.41) is -0.0694. The van der Waals surface area contributed by atoms with E-state index in [2.05, 4.69) is 15.9 Å². The summed E-state index contributed by atoms with van der Waals surface area (Å²) in [6.45, 7) is 3.77. The molecule has 0 saturated carbocycles. The summed E-state index contributed by atoms with van der Waals surface area (Å²) < 4.78 is 4.85. The van der Waals surface area contributed by atoms with Crippen LogP contribution in [0.4, 0.5) is 0 Å². The lowest BCUT2D eigenvalue weighted by atomic mass is 9.92. The molecule has 1 heterocycles. The number of carbonyl (C=O) groups excluding carboxylic acids is 1. The Bertz CT molecular complexity index is 142. The smallest absolute Gasteiger partial charge is 0.312 e. The Labute approximate surface area is 62.7 Å². The molecule has 0 aromatic rings. The van der Waals surface area contributed by atoms with Crippen LogP contribution in [0.25, 0.3) is 0 Å². The quantitative estimate of drug-likeness (QED) is 0.432. The van der Waals surface area contributed by atoms with Crippen molar-refractivity contribution in [1.82, 2.24) is 0 Å². The molecule has 3 heteroatoms. The fraction of sp³-hybridized carbons (Fsp3) is 0.833. The van der Waals surface area contributed by atoms with Crippen molar-refractivity contribution in [3.8, 4) is 0 Å². The zero-order valence-corrected chi connectivity index (χ0v) is 7.06. The summed E-state index contributed by atoms with van der Waals surface area (Å²) in [7, 11) is 0. The molecule has 1 saturated heterocycles. The molecule has 52 valence electrons. The van der Waals surface area contributed by atoms with Crippen molar-refractivity contribution in [1.29, 1.82) is 0 Å². The maximum atomic E-state index is 10.9. The van der Waals surface area contributed by atoms with E-state index >= 15 is 0 Å². The van der Waals surface area contributed by atoms with Crippen molar-refractivity contribution >= 4 is 21.9 Å². The number of esters is 1. The van der Waals surface area contributed by atoms with Gasteiger partial charge in [-0.05, 0) is 29.8 Å². The van der Waals surface area contributed by atoms with Gasteiger partial charge in [-0.3, -0.25) is 4.79 Å². The number of carbonyl (C=O) groups is 1. The molecule has 1 aliphatic heterocycles. The zero-order chi connectivity index (χ0) is 7.07. The Balaban J connectivity index is 2.70. The van der Waals surface area contributed by atoms with Gasteiger partial charge in [0, 0.05) is 6.42 Å². The molecule has 0 N–H and O–H groups in total. The van der Waals surface area contributed by atoms with Crippen LogP contribution in [0.5, 0.6) is 0 Å². The first kappa shape index (κ1) is 7.06. The predicted octanol–water partition coefficient (Wildman–Crippen LogP) is 1.68. The van der Waals surface area contributed by atoms with Crippen LogP contribution in [-0.2, 0) is 9.53 Å². The highest BCUT2D eigenvalue weighted by Crippen LogP contribution is 2.35. The Kier molecular flexibility index (Phi) is 1.55. The second-order valence-corrected chi connectivity index (χ2v) is 3.92. The van der Waals surface area contributed by atoms with Gasteiger partial charge in [0.1, 0.15) is 0 Å². The first-order valence-corrected chi connectivity index (χ1v) is 3.79. The SMILES string of the molecule is CC1(C)CC(Br)OC1=O. The van der Waals surface area contributed by atoms with E-state index in [-0.39, 0.29) is 16.4 Å². The number of alkyl halides is 1. The first-order valence-electron chi connectivity index (χ1n) is 2.87. The summed E-state index contributed by atoms with van der Waals surface area (Å²) in [5.74, 6) is -0.107. The molecular weight excluding hydrogens is 184 g/mol.